The minimum Gasteiger partial charge on any atom is -0.495 e. The van der Waals surface area contributed by atoms with Gasteiger partial charge in [-0.05, 0) is 11.6 Å². The third-order valence-electron chi connectivity index (χ3n) is 2.51. The number of methoxy groups -OCH3 is 1. The summed E-state index contributed by atoms with van der Waals surface area (Å²) in [6.07, 6.45) is 0.0277. The molecule has 0 aliphatic carbocycles. The van der Waals surface area contributed by atoms with Crippen LogP contribution in [0.2, 0.25) is 5.02 Å². The molecule has 1 rings (SSSR count). The van der Waals surface area contributed by atoms with Crippen LogP contribution in [0.25, 0.3) is 0 Å². The van der Waals surface area contributed by atoms with Crippen LogP contribution >= 0.6 is 11.6 Å². The smallest absolute Gasteiger partial charge is 0.304 e. The SMILES string of the molecule is COc1cccc(C(C)(C)CC(=O)O)c1Cl. The molecule has 0 amide bonds. The van der Waals surface area contributed by atoms with Gasteiger partial charge in [-0.2, -0.15) is 0 Å². The highest BCUT2D eigenvalue weighted by Crippen LogP contribution is 2.37. The highest BCUT2D eigenvalue weighted by molar-refractivity contribution is 6.33. The van der Waals surface area contributed by atoms with Gasteiger partial charge in [0, 0.05) is 5.41 Å². The molecular formula is C12H15ClO3. The van der Waals surface area contributed by atoms with Crippen molar-refractivity contribution < 1.29 is 14.6 Å². The van der Waals surface area contributed by atoms with Gasteiger partial charge in [-0.3, -0.25) is 4.79 Å². The first kappa shape index (κ1) is 12.8. The van der Waals surface area contributed by atoms with Crippen molar-refractivity contribution in [3.8, 4) is 5.75 Å². The van der Waals surface area contributed by atoms with Crippen LogP contribution in [0.15, 0.2) is 18.2 Å². The molecule has 0 spiro atoms. The Balaban J connectivity index is 3.17. The summed E-state index contributed by atoms with van der Waals surface area (Å²) in [6.45, 7) is 3.70. The summed E-state index contributed by atoms with van der Waals surface area (Å²) in [6, 6.07) is 5.39. The fourth-order valence-corrected chi connectivity index (χ4v) is 2.12. The maximum Gasteiger partial charge on any atom is 0.304 e. The third-order valence-corrected chi connectivity index (χ3v) is 2.90. The number of aliphatic carboxylic acids is 1. The second-order valence-corrected chi connectivity index (χ2v) is 4.65. The summed E-state index contributed by atoms with van der Waals surface area (Å²) >= 11 is 6.16. The van der Waals surface area contributed by atoms with E-state index in [2.05, 4.69) is 0 Å². The van der Waals surface area contributed by atoms with Gasteiger partial charge in [0.15, 0.2) is 0 Å². The molecule has 4 heteroatoms. The van der Waals surface area contributed by atoms with Gasteiger partial charge < -0.3 is 9.84 Å². The second-order valence-electron chi connectivity index (χ2n) is 4.28. The number of benzene rings is 1. The van der Waals surface area contributed by atoms with E-state index in [-0.39, 0.29) is 6.42 Å². The Morgan fingerprint density at radius 3 is 2.62 bits per heavy atom. The van der Waals surface area contributed by atoms with Gasteiger partial charge in [0.05, 0.1) is 18.6 Å². The van der Waals surface area contributed by atoms with Crippen LogP contribution in [0.5, 0.6) is 5.75 Å². The minimum absolute atomic E-state index is 0.0277. The predicted octanol–water partition coefficient (Wildman–Crippen LogP) is 3.10. The highest BCUT2D eigenvalue weighted by Gasteiger charge is 2.27. The molecule has 0 atom stereocenters. The third kappa shape index (κ3) is 2.67. The predicted molar refractivity (Wildman–Crippen MR) is 63.3 cm³/mol. The van der Waals surface area contributed by atoms with E-state index in [4.69, 9.17) is 21.4 Å². The van der Waals surface area contributed by atoms with Crippen molar-refractivity contribution in [3.63, 3.8) is 0 Å². The van der Waals surface area contributed by atoms with Gasteiger partial charge in [0.25, 0.3) is 0 Å². The van der Waals surface area contributed by atoms with E-state index in [1.54, 1.807) is 6.07 Å². The van der Waals surface area contributed by atoms with Crippen molar-refractivity contribution in [1.29, 1.82) is 0 Å². The number of carboxylic acid groups (broad SMARTS) is 1. The van der Waals surface area contributed by atoms with E-state index >= 15 is 0 Å². The summed E-state index contributed by atoms with van der Waals surface area (Å²) in [5.74, 6) is -0.276. The zero-order valence-corrected chi connectivity index (χ0v) is 10.3. The van der Waals surface area contributed by atoms with Crippen molar-refractivity contribution in [2.24, 2.45) is 0 Å². The van der Waals surface area contributed by atoms with Crippen LogP contribution in [-0.2, 0) is 10.2 Å². The number of rotatable bonds is 4. The summed E-state index contributed by atoms with van der Waals surface area (Å²) in [5, 5.41) is 9.34. The number of hydrogen-bond donors (Lipinski definition) is 1. The molecule has 3 nitrogen and oxygen atoms in total. The number of carbonyl (C=O) groups is 1. The maximum absolute atomic E-state index is 10.8. The average Bonchev–Trinajstić information content (AvgIpc) is 2.15. The lowest BCUT2D eigenvalue weighted by atomic mass is 9.81. The summed E-state index contributed by atoms with van der Waals surface area (Å²) < 4.78 is 5.11. The first-order valence-corrected chi connectivity index (χ1v) is 5.31. The lowest BCUT2D eigenvalue weighted by Gasteiger charge is -2.25. The van der Waals surface area contributed by atoms with E-state index in [9.17, 15) is 4.79 Å². The standard InChI is InChI=1S/C12H15ClO3/c1-12(2,7-10(14)15)8-5-4-6-9(16-3)11(8)13/h4-6H,7H2,1-3H3,(H,14,15). The van der Waals surface area contributed by atoms with Gasteiger partial charge in [0.1, 0.15) is 5.75 Å². The molecule has 1 aromatic carbocycles. The summed E-state index contributed by atoms with van der Waals surface area (Å²) in [7, 11) is 1.54. The van der Waals surface area contributed by atoms with Gasteiger partial charge >= 0.3 is 5.97 Å². The fourth-order valence-electron chi connectivity index (χ4n) is 1.66. The average molecular weight is 243 g/mol. The molecule has 0 unspecified atom stereocenters. The molecule has 0 fully saturated rings. The molecule has 1 N–H and O–H groups in total. The Morgan fingerprint density at radius 2 is 2.12 bits per heavy atom. The lowest BCUT2D eigenvalue weighted by Crippen LogP contribution is -2.22. The Hall–Kier alpha value is -1.22. The first-order valence-electron chi connectivity index (χ1n) is 4.93. The molecule has 0 saturated heterocycles. The van der Waals surface area contributed by atoms with Crippen LogP contribution in [0.3, 0.4) is 0 Å². The molecule has 0 saturated carbocycles. The topological polar surface area (TPSA) is 46.5 Å². The normalized spacial score (nSPS) is 11.2. The van der Waals surface area contributed by atoms with E-state index < -0.39 is 11.4 Å². The van der Waals surface area contributed by atoms with Gasteiger partial charge in [-0.1, -0.05) is 37.6 Å². The molecule has 0 aliphatic rings. The van der Waals surface area contributed by atoms with Crippen molar-refractivity contribution in [2.45, 2.75) is 25.7 Å². The van der Waals surface area contributed by atoms with Gasteiger partial charge in [-0.15, -0.1) is 0 Å². The minimum atomic E-state index is -0.844. The van der Waals surface area contributed by atoms with Crippen LogP contribution in [0, 0.1) is 0 Å². The van der Waals surface area contributed by atoms with Crippen molar-refractivity contribution >= 4 is 17.6 Å². The Labute approximate surface area is 100.0 Å². The Morgan fingerprint density at radius 1 is 1.50 bits per heavy atom. The number of halogens is 1. The van der Waals surface area contributed by atoms with E-state index in [0.29, 0.717) is 10.8 Å². The van der Waals surface area contributed by atoms with E-state index in [1.165, 1.54) is 7.11 Å². The summed E-state index contributed by atoms with van der Waals surface area (Å²) in [4.78, 5) is 10.8. The lowest BCUT2D eigenvalue weighted by molar-refractivity contribution is -0.138. The van der Waals surface area contributed by atoms with Crippen molar-refractivity contribution in [2.75, 3.05) is 7.11 Å². The van der Waals surface area contributed by atoms with Crippen molar-refractivity contribution in [1.82, 2.24) is 0 Å². The zero-order valence-electron chi connectivity index (χ0n) is 9.58. The van der Waals surface area contributed by atoms with E-state index in [1.807, 2.05) is 26.0 Å². The molecule has 88 valence electrons. The molecule has 16 heavy (non-hydrogen) atoms. The number of ether oxygens (including phenoxy) is 1. The molecule has 0 aromatic heterocycles. The summed E-state index contributed by atoms with van der Waals surface area (Å²) in [5.41, 5.74) is 0.271. The highest BCUT2D eigenvalue weighted by atomic mass is 35.5. The van der Waals surface area contributed by atoms with Crippen LogP contribution < -0.4 is 4.74 Å². The van der Waals surface area contributed by atoms with Gasteiger partial charge in [-0.25, -0.2) is 0 Å². The molecular weight excluding hydrogens is 228 g/mol. The quantitative estimate of drug-likeness (QED) is 0.883. The van der Waals surface area contributed by atoms with Crippen LogP contribution in [0.4, 0.5) is 0 Å². The Bertz CT molecular complexity index is 399. The first-order chi connectivity index (χ1) is 7.38. The maximum atomic E-state index is 10.8. The molecule has 1 aromatic rings. The largest absolute Gasteiger partial charge is 0.495 e. The van der Waals surface area contributed by atoms with Gasteiger partial charge in [0.2, 0.25) is 0 Å². The molecule has 0 aliphatic heterocycles. The second kappa shape index (κ2) is 4.74. The number of carboxylic acids is 1. The van der Waals surface area contributed by atoms with E-state index in [0.717, 1.165) is 5.56 Å². The number of hydrogen-bond acceptors (Lipinski definition) is 2. The molecule has 0 bridgehead atoms. The zero-order chi connectivity index (χ0) is 12.3. The monoisotopic (exact) mass is 242 g/mol. The molecule has 0 radical (unpaired) electrons. The van der Waals surface area contributed by atoms with Crippen molar-refractivity contribution in [3.05, 3.63) is 28.8 Å². The van der Waals surface area contributed by atoms with Crippen LogP contribution in [0.1, 0.15) is 25.8 Å². The van der Waals surface area contributed by atoms with Crippen LogP contribution in [-0.4, -0.2) is 18.2 Å². The molecule has 0 heterocycles. The fraction of sp³-hybridized carbons (Fsp3) is 0.417. The Kier molecular flexibility index (Phi) is 3.81.